The maximum absolute atomic E-state index is 10.9. The van der Waals surface area contributed by atoms with Gasteiger partial charge in [-0.2, -0.15) is 5.10 Å². The number of aromatic carboxylic acids is 1. The number of nitrogens with zero attached hydrogens (tertiary/aromatic N) is 4. The molecule has 0 atom stereocenters. The van der Waals surface area contributed by atoms with E-state index in [4.69, 9.17) is 9.84 Å². The van der Waals surface area contributed by atoms with E-state index >= 15 is 0 Å². The van der Waals surface area contributed by atoms with E-state index in [1.807, 2.05) is 48.6 Å². The maximum atomic E-state index is 10.9. The van der Waals surface area contributed by atoms with E-state index < -0.39 is 5.97 Å². The quantitative estimate of drug-likeness (QED) is 0.347. The van der Waals surface area contributed by atoms with Gasteiger partial charge in [0.1, 0.15) is 12.4 Å². The molecule has 0 aliphatic heterocycles. The van der Waals surface area contributed by atoms with Crippen LogP contribution in [0.3, 0.4) is 0 Å². The normalized spacial score (nSPS) is 12.0. The highest BCUT2D eigenvalue weighted by molar-refractivity contribution is 5.86. The zero-order valence-corrected chi connectivity index (χ0v) is 15.7. The molecule has 0 aliphatic carbocycles. The second-order valence-electron chi connectivity index (χ2n) is 5.92. The second-order valence-corrected chi connectivity index (χ2v) is 5.92. The van der Waals surface area contributed by atoms with Crippen LogP contribution in [0.15, 0.2) is 71.8 Å². The van der Waals surface area contributed by atoms with Gasteiger partial charge in [-0.1, -0.05) is 24.3 Å². The molecular weight excluding hydrogens is 370 g/mol. The number of ether oxygens (including phenoxy) is 1. The fourth-order valence-electron chi connectivity index (χ4n) is 2.42. The SMILES string of the molecule is C\N=C/C(=C\C=C\c1ccn[nH]1)OCc1cccc(-c2ncc(C(=O)O)cn2)c1. The maximum Gasteiger partial charge on any atom is 0.338 e. The lowest BCUT2D eigenvalue weighted by molar-refractivity contribution is 0.0696. The van der Waals surface area contributed by atoms with Crippen LogP contribution in [0.25, 0.3) is 17.5 Å². The van der Waals surface area contributed by atoms with Crippen LogP contribution in [0.2, 0.25) is 0 Å². The largest absolute Gasteiger partial charge is 0.487 e. The summed E-state index contributed by atoms with van der Waals surface area (Å²) in [6.07, 6.45) is 11.4. The molecule has 29 heavy (non-hydrogen) atoms. The van der Waals surface area contributed by atoms with Gasteiger partial charge in [-0.05, 0) is 29.8 Å². The number of carboxylic acids is 1. The third-order valence-electron chi connectivity index (χ3n) is 3.80. The molecule has 8 heteroatoms. The number of carbonyl (C=O) groups is 1. The number of carboxylic acid groups (broad SMARTS) is 1. The van der Waals surface area contributed by atoms with Gasteiger partial charge in [0, 0.05) is 31.2 Å². The van der Waals surface area contributed by atoms with Crippen molar-refractivity contribution in [3.8, 4) is 11.4 Å². The summed E-state index contributed by atoms with van der Waals surface area (Å²) < 4.78 is 5.85. The summed E-state index contributed by atoms with van der Waals surface area (Å²) in [5, 5.41) is 15.7. The number of H-pyrrole nitrogens is 1. The Morgan fingerprint density at radius 2 is 2.10 bits per heavy atom. The summed E-state index contributed by atoms with van der Waals surface area (Å²) in [6, 6.07) is 9.41. The molecular formula is C21H19N5O3. The van der Waals surface area contributed by atoms with Crippen LogP contribution >= 0.6 is 0 Å². The molecule has 2 aromatic heterocycles. The number of nitrogens with one attached hydrogen (secondary N) is 1. The number of benzene rings is 1. The molecule has 146 valence electrons. The van der Waals surface area contributed by atoms with E-state index in [9.17, 15) is 4.79 Å². The predicted octanol–water partition coefficient (Wildman–Crippen LogP) is 3.38. The van der Waals surface area contributed by atoms with Crippen molar-refractivity contribution in [2.45, 2.75) is 6.61 Å². The monoisotopic (exact) mass is 389 g/mol. The lowest BCUT2D eigenvalue weighted by Crippen LogP contribution is -2.00. The molecule has 2 heterocycles. The van der Waals surface area contributed by atoms with Gasteiger partial charge in [0.2, 0.25) is 0 Å². The van der Waals surface area contributed by atoms with Gasteiger partial charge in [-0.3, -0.25) is 10.1 Å². The number of hydrogen-bond acceptors (Lipinski definition) is 6. The Labute approximate surface area is 167 Å². The average Bonchev–Trinajstić information content (AvgIpc) is 3.26. The van der Waals surface area contributed by atoms with Crippen molar-refractivity contribution in [1.82, 2.24) is 20.2 Å². The topological polar surface area (TPSA) is 113 Å². The standard InChI is InChI=1S/C21H19N5O3/c1-22-13-19(7-3-6-18-8-9-25-26-18)29-14-15-4-2-5-16(10-15)20-23-11-17(12-24-20)21(27)28/h2-13H,14H2,1H3,(H,25,26)(H,27,28)/b6-3+,19-7+,22-13-. The Morgan fingerprint density at radius 1 is 1.28 bits per heavy atom. The molecule has 8 nitrogen and oxygen atoms in total. The summed E-state index contributed by atoms with van der Waals surface area (Å²) in [4.78, 5) is 23.2. The first kappa shape index (κ1) is 19.7. The summed E-state index contributed by atoms with van der Waals surface area (Å²) >= 11 is 0. The average molecular weight is 389 g/mol. The molecule has 1 aromatic carbocycles. The predicted molar refractivity (Wildman–Crippen MR) is 109 cm³/mol. The van der Waals surface area contributed by atoms with Gasteiger partial charge in [-0.25, -0.2) is 14.8 Å². The fourth-order valence-corrected chi connectivity index (χ4v) is 2.42. The third-order valence-corrected chi connectivity index (χ3v) is 3.80. The lowest BCUT2D eigenvalue weighted by atomic mass is 10.1. The molecule has 3 rings (SSSR count). The van der Waals surface area contributed by atoms with Crippen molar-refractivity contribution in [3.63, 3.8) is 0 Å². The van der Waals surface area contributed by atoms with Crippen molar-refractivity contribution in [1.29, 1.82) is 0 Å². The Balaban J connectivity index is 1.69. The van der Waals surface area contributed by atoms with E-state index in [1.165, 1.54) is 12.4 Å². The number of rotatable bonds is 8. The minimum atomic E-state index is -1.06. The van der Waals surface area contributed by atoms with E-state index in [0.717, 1.165) is 16.8 Å². The van der Waals surface area contributed by atoms with Crippen LogP contribution in [0.4, 0.5) is 0 Å². The third kappa shape index (κ3) is 5.70. The first-order chi connectivity index (χ1) is 14.2. The lowest BCUT2D eigenvalue weighted by Gasteiger charge is -2.08. The van der Waals surface area contributed by atoms with Gasteiger partial charge in [0.25, 0.3) is 0 Å². The van der Waals surface area contributed by atoms with Gasteiger partial charge < -0.3 is 9.84 Å². The first-order valence-electron chi connectivity index (χ1n) is 8.73. The van der Waals surface area contributed by atoms with Crippen LogP contribution in [0.5, 0.6) is 0 Å². The highest BCUT2D eigenvalue weighted by atomic mass is 16.5. The second kappa shape index (κ2) is 9.75. The van der Waals surface area contributed by atoms with E-state index in [-0.39, 0.29) is 5.56 Å². The van der Waals surface area contributed by atoms with Crippen LogP contribution in [0.1, 0.15) is 21.6 Å². The number of allylic oxidation sites excluding steroid dienone is 3. The Morgan fingerprint density at radius 3 is 2.79 bits per heavy atom. The molecule has 0 saturated heterocycles. The van der Waals surface area contributed by atoms with Crippen molar-refractivity contribution in [3.05, 3.63) is 83.7 Å². The van der Waals surface area contributed by atoms with Crippen LogP contribution < -0.4 is 0 Å². The highest BCUT2D eigenvalue weighted by Gasteiger charge is 2.07. The van der Waals surface area contributed by atoms with E-state index in [1.54, 1.807) is 19.5 Å². The minimum absolute atomic E-state index is 0.0463. The molecule has 2 N–H and O–H groups in total. The molecule has 0 spiro atoms. The first-order valence-corrected chi connectivity index (χ1v) is 8.73. The van der Waals surface area contributed by atoms with Gasteiger partial charge in [0.05, 0.1) is 17.5 Å². The fraction of sp³-hybridized carbons (Fsp3) is 0.0952. The summed E-state index contributed by atoms with van der Waals surface area (Å²) in [7, 11) is 1.68. The van der Waals surface area contributed by atoms with Crippen LogP contribution in [-0.2, 0) is 11.3 Å². The molecule has 0 fully saturated rings. The zero-order valence-electron chi connectivity index (χ0n) is 15.7. The Bertz CT molecular complexity index is 1040. The van der Waals surface area contributed by atoms with Crippen LogP contribution in [0, 0.1) is 0 Å². The number of hydrogen-bond donors (Lipinski definition) is 2. The molecule has 3 aromatic rings. The van der Waals surface area contributed by atoms with Crippen molar-refractivity contribution in [2.24, 2.45) is 4.99 Å². The number of aliphatic imine (C=N–C) groups is 1. The molecule has 0 amide bonds. The van der Waals surface area contributed by atoms with Crippen LogP contribution in [-0.4, -0.2) is 44.5 Å². The van der Waals surface area contributed by atoms with Gasteiger partial charge in [-0.15, -0.1) is 0 Å². The molecule has 0 radical (unpaired) electrons. The summed E-state index contributed by atoms with van der Waals surface area (Å²) in [6.45, 7) is 0.330. The molecule has 0 bridgehead atoms. The van der Waals surface area contributed by atoms with Crippen molar-refractivity contribution < 1.29 is 14.6 Å². The smallest absolute Gasteiger partial charge is 0.338 e. The van der Waals surface area contributed by atoms with Gasteiger partial charge in [0.15, 0.2) is 5.82 Å². The highest BCUT2D eigenvalue weighted by Crippen LogP contribution is 2.17. The minimum Gasteiger partial charge on any atom is -0.487 e. The summed E-state index contributed by atoms with van der Waals surface area (Å²) in [5.74, 6) is -0.00172. The number of aromatic nitrogens is 4. The van der Waals surface area contributed by atoms with Crippen molar-refractivity contribution >= 4 is 18.3 Å². The summed E-state index contributed by atoms with van der Waals surface area (Å²) in [5.41, 5.74) is 2.62. The zero-order chi connectivity index (χ0) is 20.5. The van der Waals surface area contributed by atoms with Gasteiger partial charge >= 0.3 is 5.97 Å². The van der Waals surface area contributed by atoms with E-state index in [2.05, 4.69) is 25.2 Å². The molecule has 0 unspecified atom stereocenters. The molecule has 0 saturated carbocycles. The molecule has 0 aliphatic rings. The van der Waals surface area contributed by atoms with E-state index in [0.29, 0.717) is 18.2 Å². The number of aromatic amines is 1. The Hall–Kier alpha value is -4.07. The Kier molecular flexibility index (Phi) is 6.62. The van der Waals surface area contributed by atoms with Crippen molar-refractivity contribution in [2.75, 3.05) is 7.05 Å².